The van der Waals surface area contributed by atoms with Crippen LogP contribution in [0.15, 0.2) is 35.4 Å². The molecule has 2 aromatic carbocycles. The summed E-state index contributed by atoms with van der Waals surface area (Å²) in [6, 6.07) is 4.72. The van der Waals surface area contributed by atoms with Crippen LogP contribution in [0.3, 0.4) is 0 Å². The summed E-state index contributed by atoms with van der Waals surface area (Å²) < 4.78 is 0. The van der Waals surface area contributed by atoms with Crippen LogP contribution in [0.25, 0.3) is 5.57 Å². The highest BCUT2D eigenvalue weighted by molar-refractivity contribution is 6.32. The Morgan fingerprint density at radius 3 is 2.08 bits per heavy atom. The lowest BCUT2D eigenvalue weighted by atomic mass is 9.93. The van der Waals surface area contributed by atoms with Crippen molar-refractivity contribution >= 4 is 11.3 Å². The van der Waals surface area contributed by atoms with Gasteiger partial charge in [0.1, 0.15) is 5.71 Å². The van der Waals surface area contributed by atoms with E-state index in [1.165, 1.54) is 18.2 Å². The first-order valence-corrected chi connectivity index (χ1v) is 7.04. The molecule has 0 saturated carbocycles. The Hall–Kier alpha value is -3.59. The first kappa shape index (κ1) is 16.3. The zero-order valence-electron chi connectivity index (χ0n) is 12.6. The van der Waals surface area contributed by atoms with E-state index in [-0.39, 0.29) is 29.0 Å². The molecule has 1 aliphatic rings. The van der Waals surface area contributed by atoms with Crippen LogP contribution in [0.4, 0.5) is 0 Å². The van der Waals surface area contributed by atoms with Gasteiger partial charge in [-0.2, -0.15) is 10.3 Å². The zero-order chi connectivity index (χ0) is 18.3. The van der Waals surface area contributed by atoms with Crippen LogP contribution >= 0.6 is 0 Å². The summed E-state index contributed by atoms with van der Waals surface area (Å²) in [4.78, 5) is 0. The van der Waals surface area contributed by atoms with E-state index in [1.54, 1.807) is 0 Å². The minimum Gasteiger partial charge on any atom is -0.504 e. The Labute approximate surface area is 140 Å². The fourth-order valence-corrected chi connectivity index (χ4v) is 2.46. The van der Waals surface area contributed by atoms with Gasteiger partial charge in [0.25, 0.3) is 0 Å². The lowest BCUT2D eigenvalue weighted by Crippen LogP contribution is -2.22. The summed E-state index contributed by atoms with van der Waals surface area (Å²) in [6.07, 6.45) is 1.48. The van der Waals surface area contributed by atoms with Gasteiger partial charge in [0.2, 0.25) is 5.75 Å². The van der Waals surface area contributed by atoms with Crippen molar-refractivity contribution in [2.45, 2.75) is 0 Å². The molecule has 0 atom stereocenters. The maximum absolute atomic E-state index is 10.1. The molecule has 1 aliphatic heterocycles. The molecule has 0 amide bonds. The third kappa shape index (κ3) is 2.72. The van der Waals surface area contributed by atoms with Crippen molar-refractivity contribution in [1.29, 1.82) is 0 Å². The number of hydrogen-bond acceptors (Lipinski definition) is 9. The predicted molar refractivity (Wildman–Crippen MR) is 85.9 cm³/mol. The van der Waals surface area contributed by atoms with Gasteiger partial charge in [-0.3, -0.25) is 5.21 Å². The van der Waals surface area contributed by atoms with E-state index < -0.39 is 34.5 Å². The van der Waals surface area contributed by atoms with Crippen LogP contribution in [0.2, 0.25) is 0 Å². The van der Waals surface area contributed by atoms with Gasteiger partial charge in [0.05, 0.1) is 6.54 Å². The number of hydrazone groups is 1. The molecule has 0 aromatic heterocycles. The van der Waals surface area contributed by atoms with Crippen molar-refractivity contribution in [2.75, 3.05) is 6.54 Å². The molecule has 0 spiro atoms. The smallest absolute Gasteiger partial charge is 0.200 e. The Morgan fingerprint density at radius 1 is 0.800 bits per heavy atom. The molecule has 2 aromatic rings. The summed E-state index contributed by atoms with van der Waals surface area (Å²) in [5.41, 5.74) is 0.543. The molecule has 7 N–H and O–H groups in total. The van der Waals surface area contributed by atoms with Gasteiger partial charge in [-0.15, -0.1) is 0 Å². The SMILES string of the molecule is Oc1cc(C2=NN(O)CC=C2c2ccc(O)c(O)c2O)cc(O)c1O. The van der Waals surface area contributed by atoms with Crippen LogP contribution in [0.5, 0.6) is 34.5 Å². The van der Waals surface area contributed by atoms with Crippen LogP contribution in [0, 0.1) is 0 Å². The molecule has 0 unspecified atom stereocenters. The lowest BCUT2D eigenvalue weighted by molar-refractivity contribution is -0.0793. The first-order chi connectivity index (χ1) is 11.8. The average Bonchev–Trinajstić information content (AvgIpc) is 2.58. The van der Waals surface area contributed by atoms with E-state index in [4.69, 9.17) is 0 Å². The van der Waals surface area contributed by atoms with Gasteiger partial charge >= 0.3 is 0 Å². The highest BCUT2D eigenvalue weighted by Gasteiger charge is 2.24. The number of hydroxylamine groups is 1. The Balaban J connectivity index is 2.17. The summed E-state index contributed by atoms with van der Waals surface area (Å²) in [6.45, 7) is -0.0318. The Bertz CT molecular complexity index is 898. The normalized spacial score (nSPS) is 14.2. The molecular formula is C16H14N2O7. The zero-order valence-corrected chi connectivity index (χ0v) is 12.6. The second-order valence-electron chi connectivity index (χ2n) is 5.31. The molecule has 130 valence electrons. The predicted octanol–water partition coefficient (Wildman–Crippen LogP) is 1.41. The third-order valence-corrected chi connectivity index (χ3v) is 3.69. The molecule has 0 radical (unpaired) electrons. The highest BCUT2D eigenvalue weighted by atomic mass is 16.5. The van der Waals surface area contributed by atoms with Crippen molar-refractivity contribution in [3.05, 3.63) is 41.5 Å². The standard InChI is InChI=1S/C16H14N2O7/c19-10-2-1-9(14(22)16(10)24)8-3-4-18(25)17-13(8)7-5-11(20)15(23)12(21)6-7/h1-3,5-6,19-25H,4H2. The summed E-state index contributed by atoms with van der Waals surface area (Å²) >= 11 is 0. The van der Waals surface area contributed by atoms with E-state index in [1.807, 2.05) is 0 Å². The Morgan fingerprint density at radius 2 is 1.44 bits per heavy atom. The molecule has 0 bridgehead atoms. The Kier molecular flexibility index (Phi) is 3.78. The topological polar surface area (TPSA) is 157 Å². The van der Waals surface area contributed by atoms with E-state index in [0.717, 1.165) is 12.1 Å². The van der Waals surface area contributed by atoms with Crippen LogP contribution in [0.1, 0.15) is 11.1 Å². The highest BCUT2D eigenvalue weighted by Crippen LogP contribution is 2.42. The molecule has 3 rings (SSSR count). The van der Waals surface area contributed by atoms with Gasteiger partial charge in [-0.1, -0.05) is 6.08 Å². The minimum atomic E-state index is -0.722. The number of rotatable bonds is 2. The maximum atomic E-state index is 10.1. The quantitative estimate of drug-likeness (QED) is 0.402. The lowest BCUT2D eigenvalue weighted by Gasteiger charge is -2.22. The largest absolute Gasteiger partial charge is 0.504 e. The maximum Gasteiger partial charge on any atom is 0.200 e. The minimum absolute atomic E-state index is 0.0318. The number of nitrogens with zero attached hydrogens (tertiary/aromatic N) is 2. The number of hydrogen-bond donors (Lipinski definition) is 7. The molecule has 0 saturated heterocycles. The van der Waals surface area contributed by atoms with Crippen molar-refractivity contribution in [3.8, 4) is 34.5 Å². The molecule has 9 nitrogen and oxygen atoms in total. The number of phenols is 6. The van der Waals surface area contributed by atoms with Crippen LogP contribution < -0.4 is 0 Å². The van der Waals surface area contributed by atoms with Crippen molar-refractivity contribution < 1.29 is 35.8 Å². The van der Waals surface area contributed by atoms with Gasteiger partial charge in [-0.25, -0.2) is 0 Å². The second-order valence-corrected chi connectivity index (χ2v) is 5.31. The van der Waals surface area contributed by atoms with Crippen LogP contribution in [-0.2, 0) is 0 Å². The molecule has 0 fully saturated rings. The summed E-state index contributed by atoms with van der Waals surface area (Å²) in [7, 11) is 0. The monoisotopic (exact) mass is 346 g/mol. The van der Waals surface area contributed by atoms with E-state index in [9.17, 15) is 35.8 Å². The van der Waals surface area contributed by atoms with Crippen LogP contribution in [-0.4, -0.2) is 53.3 Å². The molecular weight excluding hydrogens is 332 g/mol. The van der Waals surface area contributed by atoms with Crippen molar-refractivity contribution in [2.24, 2.45) is 5.10 Å². The number of benzene rings is 2. The molecule has 25 heavy (non-hydrogen) atoms. The van der Waals surface area contributed by atoms with Gasteiger partial charge in [-0.05, 0) is 24.3 Å². The van der Waals surface area contributed by atoms with Gasteiger partial charge in [0, 0.05) is 16.7 Å². The number of allylic oxidation sites excluding steroid dienone is 1. The molecule has 9 heteroatoms. The second kappa shape index (κ2) is 5.80. The van der Waals surface area contributed by atoms with E-state index in [0.29, 0.717) is 5.17 Å². The van der Waals surface area contributed by atoms with Gasteiger partial charge in [0.15, 0.2) is 28.7 Å². The molecule has 0 aliphatic carbocycles. The fraction of sp³-hybridized carbons (Fsp3) is 0.0625. The third-order valence-electron chi connectivity index (χ3n) is 3.69. The van der Waals surface area contributed by atoms with E-state index in [2.05, 4.69) is 5.10 Å². The number of phenolic OH excluding ortho intramolecular Hbond substituents is 6. The molecule has 1 heterocycles. The van der Waals surface area contributed by atoms with E-state index >= 15 is 0 Å². The number of aromatic hydroxyl groups is 6. The van der Waals surface area contributed by atoms with Crippen molar-refractivity contribution in [3.63, 3.8) is 0 Å². The van der Waals surface area contributed by atoms with Crippen molar-refractivity contribution in [1.82, 2.24) is 5.17 Å². The summed E-state index contributed by atoms with van der Waals surface area (Å²) in [5, 5.41) is 72.2. The van der Waals surface area contributed by atoms with Gasteiger partial charge < -0.3 is 30.6 Å². The fourth-order valence-electron chi connectivity index (χ4n) is 2.46. The average molecular weight is 346 g/mol. The summed E-state index contributed by atoms with van der Waals surface area (Å²) in [5.74, 6) is -3.76. The first-order valence-electron chi connectivity index (χ1n) is 7.04.